The van der Waals surface area contributed by atoms with E-state index in [1.165, 1.54) is 6.20 Å². The molecule has 0 N–H and O–H groups in total. The number of nitrogens with zero attached hydrogens (tertiary/aromatic N) is 2. The summed E-state index contributed by atoms with van der Waals surface area (Å²) in [5.74, 6) is -0.0852. The van der Waals surface area contributed by atoms with Crippen molar-refractivity contribution in [2.45, 2.75) is 33.3 Å². The topological polar surface area (TPSA) is 70.5 Å². The maximum atomic E-state index is 12.0. The standard InChI is InChI=1S/C17H20N2O4/c1-5-21-16(20)13-11-18-14(12-9-7-6-8-10-12)19-15(13)22-23-17(2,3)4/h6-11H,5H2,1-4H3. The molecule has 0 unspecified atom stereocenters. The van der Waals surface area contributed by atoms with Crippen molar-refractivity contribution < 1.29 is 19.3 Å². The minimum absolute atomic E-state index is 0.0345. The number of aromatic nitrogens is 2. The summed E-state index contributed by atoms with van der Waals surface area (Å²) in [6, 6.07) is 9.40. The van der Waals surface area contributed by atoms with Crippen LogP contribution in [0.25, 0.3) is 11.4 Å². The first-order chi connectivity index (χ1) is 10.9. The first kappa shape index (κ1) is 16.9. The fourth-order valence-electron chi connectivity index (χ4n) is 1.67. The van der Waals surface area contributed by atoms with Gasteiger partial charge in [-0.3, -0.25) is 0 Å². The van der Waals surface area contributed by atoms with Gasteiger partial charge in [0, 0.05) is 11.8 Å². The smallest absolute Gasteiger partial charge is 0.345 e. The third kappa shape index (κ3) is 4.75. The Morgan fingerprint density at radius 3 is 2.48 bits per heavy atom. The molecule has 0 aliphatic carbocycles. The zero-order valence-electron chi connectivity index (χ0n) is 13.7. The molecule has 2 aromatic rings. The number of hydrogen-bond acceptors (Lipinski definition) is 6. The molecule has 23 heavy (non-hydrogen) atoms. The highest BCUT2D eigenvalue weighted by Gasteiger charge is 2.21. The summed E-state index contributed by atoms with van der Waals surface area (Å²) < 4.78 is 4.99. The minimum atomic E-state index is -0.556. The lowest BCUT2D eigenvalue weighted by atomic mass is 10.2. The van der Waals surface area contributed by atoms with Gasteiger partial charge in [0.15, 0.2) is 5.82 Å². The lowest BCUT2D eigenvalue weighted by molar-refractivity contribution is -0.277. The van der Waals surface area contributed by atoms with Gasteiger partial charge in [0.1, 0.15) is 11.2 Å². The Bertz CT molecular complexity index is 666. The SMILES string of the molecule is CCOC(=O)c1cnc(-c2ccccc2)nc1OOC(C)(C)C. The second kappa shape index (κ2) is 7.19. The van der Waals surface area contributed by atoms with Crippen molar-refractivity contribution in [1.82, 2.24) is 9.97 Å². The van der Waals surface area contributed by atoms with Gasteiger partial charge < -0.3 is 9.62 Å². The lowest BCUT2D eigenvalue weighted by Gasteiger charge is -2.18. The van der Waals surface area contributed by atoms with E-state index in [9.17, 15) is 4.79 Å². The summed E-state index contributed by atoms with van der Waals surface area (Å²) in [6.45, 7) is 7.46. The number of carbonyl (C=O) groups is 1. The predicted octanol–water partition coefficient (Wildman–Crippen LogP) is 3.43. The summed E-state index contributed by atoms with van der Waals surface area (Å²) in [6.07, 6.45) is 1.38. The first-order valence-electron chi connectivity index (χ1n) is 7.36. The molecule has 0 aliphatic rings. The van der Waals surface area contributed by atoms with Crippen LogP contribution >= 0.6 is 0 Å². The van der Waals surface area contributed by atoms with E-state index in [1.807, 2.05) is 51.1 Å². The van der Waals surface area contributed by atoms with Crippen molar-refractivity contribution in [3.8, 4) is 17.3 Å². The van der Waals surface area contributed by atoms with Crippen molar-refractivity contribution in [3.63, 3.8) is 0 Å². The predicted molar refractivity (Wildman–Crippen MR) is 84.9 cm³/mol. The molecule has 6 heteroatoms. The highest BCUT2D eigenvalue weighted by molar-refractivity contribution is 5.91. The molecule has 0 amide bonds. The Kier molecular flexibility index (Phi) is 5.28. The first-order valence-corrected chi connectivity index (χ1v) is 7.36. The van der Waals surface area contributed by atoms with Gasteiger partial charge in [-0.05, 0) is 27.7 Å². The molecule has 0 spiro atoms. The van der Waals surface area contributed by atoms with Gasteiger partial charge in [-0.2, -0.15) is 9.87 Å². The number of ether oxygens (including phenoxy) is 1. The minimum Gasteiger partial charge on any atom is -0.462 e. The molecule has 0 aliphatic heterocycles. The van der Waals surface area contributed by atoms with Gasteiger partial charge in [0.25, 0.3) is 5.88 Å². The molecular weight excluding hydrogens is 296 g/mol. The van der Waals surface area contributed by atoms with E-state index in [0.29, 0.717) is 5.82 Å². The van der Waals surface area contributed by atoms with Crippen molar-refractivity contribution in [2.24, 2.45) is 0 Å². The molecule has 0 radical (unpaired) electrons. The second-order valence-corrected chi connectivity index (χ2v) is 5.78. The normalized spacial score (nSPS) is 11.1. The Morgan fingerprint density at radius 2 is 1.87 bits per heavy atom. The Labute approximate surface area is 135 Å². The van der Waals surface area contributed by atoms with Crippen molar-refractivity contribution in [1.29, 1.82) is 0 Å². The number of rotatable bonds is 5. The molecule has 1 aromatic heterocycles. The summed E-state index contributed by atoms with van der Waals surface area (Å²) >= 11 is 0. The summed E-state index contributed by atoms with van der Waals surface area (Å²) in [5.41, 5.74) is 0.378. The maximum absolute atomic E-state index is 12.0. The van der Waals surface area contributed by atoms with Crippen LogP contribution in [0.15, 0.2) is 36.5 Å². The molecular formula is C17H20N2O4. The summed E-state index contributed by atoms with van der Waals surface area (Å²) in [7, 11) is 0. The molecule has 122 valence electrons. The van der Waals surface area contributed by atoms with E-state index in [4.69, 9.17) is 14.5 Å². The molecule has 0 bridgehead atoms. The Hall–Kier alpha value is -2.47. The molecule has 0 saturated heterocycles. The molecule has 6 nitrogen and oxygen atoms in total. The molecule has 0 saturated carbocycles. The molecule has 1 aromatic carbocycles. The molecule has 1 heterocycles. The van der Waals surface area contributed by atoms with Gasteiger partial charge >= 0.3 is 5.97 Å². The van der Waals surface area contributed by atoms with Crippen LogP contribution < -0.4 is 4.89 Å². The maximum Gasteiger partial charge on any atom is 0.345 e. The van der Waals surface area contributed by atoms with Crippen LogP contribution in [0.5, 0.6) is 5.88 Å². The van der Waals surface area contributed by atoms with E-state index in [1.54, 1.807) is 6.92 Å². The number of esters is 1. The number of benzene rings is 1. The fourth-order valence-corrected chi connectivity index (χ4v) is 1.67. The third-order valence-corrected chi connectivity index (χ3v) is 2.65. The van der Waals surface area contributed by atoms with Gasteiger partial charge in [-0.1, -0.05) is 30.3 Å². The van der Waals surface area contributed by atoms with Gasteiger partial charge in [0.05, 0.1) is 6.61 Å². The van der Waals surface area contributed by atoms with Crippen LogP contribution in [0, 0.1) is 0 Å². The van der Waals surface area contributed by atoms with Crippen LogP contribution in [0.2, 0.25) is 0 Å². The third-order valence-electron chi connectivity index (χ3n) is 2.65. The van der Waals surface area contributed by atoms with Crippen LogP contribution in [-0.4, -0.2) is 28.1 Å². The van der Waals surface area contributed by atoms with Crippen LogP contribution in [-0.2, 0) is 9.62 Å². The van der Waals surface area contributed by atoms with Crippen molar-refractivity contribution in [3.05, 3.63) is 42.1 Å². The Morgan fingerprint density at radius 1 is 1.17 bits per heavy atom. The number of carbonyl (C=O) groups excluding carboxylic acids is 1. The van der Waals surface area contributed by atoms with E-state index in [0.717, 1.165) is 5.56 Å². The van der Waals surface area contributed by atoms with Crippen LogP contribution in [0.4, 0.5) is 0 Å². The van der Waals surface area contributed by atoms with Crippen molar-refractivity contribution >= 4 is 5.97 Å². The van der Waals surface area contributed by atoms with Gasteiger partial charge in [0.2, 0.25) is 0 Å². The highest BCUT2D eigenvalue weighted by Crippen LogP contribution is 2.23. The van der Waals surface area contributed by atoms with E-state index < -0.39 is 11.6 Å². The number of hydrogen-bond donors (Lipinski definition) is 0. The average molecular weight is 316 g/mol. The van der Waals surface area contributed by atoms with E-state index in [2.05, 4.69) is 9.97 Å². The van der Waals surface area contributed by atoms with Crippen molar-refractivity contribution in [2.75, 3.05) is 6.61 Å². The lowest BCUT2D eigenvalue weighted by Crippen LogP contribution is -2.23. The second-order valence-electron chi connectivity index (χ2n) is 5.78. The van der Waals surface area contributed by atoms with Gasteiger partial charge in [-0.15, -0.1) is 0 Å². The quantitative estimate of drug-likeness (QED) is 0.478. The molecule has 2 rings (SSSR count). The summed E-state index contributed by atoms with van der Waals surface area (Å²) in [4.78, 5) is 31.1. The molecule has 0 atom stereocenters. The average Bonchev–Trinajstić information content (AvgIpc) is 2.53. The van der Waals surface area contributed by atoms with Crippen LogP contribution in [0.1, 0.15) is 38.1 Å². The summed E-state index contributed by atoms with van der Waals surface area (Å²) in [5, 5.41) is 0. The largest absolute Gasteiger partial charge is 0.462 e. The monoisotopic (exact) mass is 316 g/mol. The fraction of sp³-hybridized carbons (Fsp3) is 0.353. The van der Waals surface area contributed by atoms with Gasteiger partial charge in [-0.25, -0.2) is 9.78 Å². The van der Waals surface area contributed by atoms with Crippen LogP contribution in [0.3, 0.4) is 0 Å². The zero-order valence-corrected chi connectivity index (χ0v) is 13.7. The van der Waals surface area contributed by atoms with E-state index >= 15 is 0 Å². The zero-order chi connectivity index (χ0) is 16.9. The molecule has 0 fully saturated rings. The Balaban J connectivity index is 2.37. The highest BCUT2D eigenvalue weighted by atomic mass is 17.2. The van der Waals surface area contributed by atoms with E-state index in [-0.39, 0.29) is 18.1 Å².